The number of hydrogen-bond donors (Lipinski definition) is 2. The van der Waals surface area contributed by atoms with E-state index >= 15 is 0 Å². The van der Waals surface area contributed by atoms with Crippen LogP contribution < -0.4 is 10.6 Å². The van der Waals surface area contributed by atoms with Crippen molar-refractivity contribution in [2.45, 2.75) is 19.1 Å². The second-order valence-electron chi connectivity index (χ2n) is 6.41. The molecule has 1 fully saturated rings. The SMILES string of the molecule is COCCNCCNC(=O)C1CC(=O)N(Cc2cccc(C(F)(F)F)c2)C1.Cl. The van der Waals surface area contributed by atoms with Crippen molar-refractivity contribution >= 4 is 24.2 Å². The summed E-state index contributed by atoms with van der Waals surface area (Å²) in [6, 6.07) is 4.89. The molecule has 0 aliphatic carbocycles. The number of halogens is 4. The molecular formula is C18H25ClF3N3O3. The smallest absolute Gasteiger partial charge is 0.383 e. The van der Waals surface area contributed by atoms with Gasteiger partial charge in [0.2, 0.25) is 11.8 Å². The molecule has 6 nitrogen and oxygen atoms in total. The Morgan fingerprint density at radius 2 is 2.04 bits per heavy atom. The van der Waals surface area contributed by atoms with E-state index in [4.69, 9.17) is 4.74 Å². The normalized spacial score (nSPS) is 16.8. The third kappa shape index (κ3) is 7.29. The Balaban J connectivity index is 0.00000392. The van der Waals surface area contributed by atoms with Crippen molar-refractivity contribution in [2.24, 2.45) is 5.92 Å². The Labute approximate surface area is 168 Å². The van der Waals surface area contributed by atoms with Crippen molar-refractivity contribution < 1.29 is 27.5 Å². The predicted octanol–water partition coefficient (Wildman–Crippen LogP) is 1.83. The van der Waals surface area contributed by atoms with Crippen LogP contribution in [0.5, 0.6) is 0 Å². The quantitative estimate of drug-likeness (QED) is 0.594. The lowest BCUT2D eigenvalue weighted by Crippen LogP contribution is -2.37. The first-order valence-electron chi connectivity index (χ1n) is 8.72. The summed E-state index contributed by atoms with van der Waals surface area (Å²) in [4.78, 5) is 25.7. The molecule has 10 heteroatoms. The zero-order valence-electron chi connectivity index (χ0n) is 15.6. The Morgan fingerprint density at radius 3 is 2.71 bits per heavy atom. The number of carbonyl (C=O) groups excluding carboxylic acids is 2. The highest BCUT2D eigenvalue weighted by atomic mass is 35.5. The van der Waals surface area contributed by atoms with Crippen molar-refractivity contribution in [1.82, 2.24) is 15.5 Å². The number of nitrogens with zero attached hydrogens (tertiary/aromatic N) is 1. The maximum atomic E-state index is 12.8. The zero-order chi connectivity index (χ0) is 19.9. The number of ether oxygens (including phenoxy) is 1. The summed E-state index contributed by atoms with van der Waals surface area (Å²) < 4.78 is 43.3. The van der Waals surface area contributed by atoms with Gasteiger partial charge in [-0.1, -0.05) is 12.1 Å². The molecule has 1 heterocycles. The van der Waals surface area contributed by atoms with E-state index in [0.717, 1.165) is 12.1 Å². The van der Waals surface area contributed by atoms with Crippen LogP contribution in [0.1, 0.15) is 17.5 Å². The van der Waals surface area contributed by atoms with Crippen LogP contribution >= 0.6 is 12.4 Å². The molecule has 1 aromatic carbocycles. The summed E-state index contributed by atoms with van der Waals surface area (Å²) in [5, 5.41) is 5.86. The van der Waals surface area contributed by atoms with Crippen molar-refractivity contribution in [2.75, 3.05) is 39.9 Å². The molecule has 0 aromatic heterocycles. The van der Waals surface area contributed by atoms with Crippen molar-refractivity contribution in [3.05, 3.63) is 35.4 Å². The average Bonchev–Trinajstić information content (AvgIpc) is 2.98. The molecule has 1 aliphatic rings. The van der Waals surface area contributed by atoms with E-state index in [1.165, 1.54) is 11.0 Å². The summed E-state index contributed by atoms with van der Waals surface area (Å²) in [7, 11) is 1.60. The number of hydrogen-bond acceptors (Lipinski definition) is 4. The number of nitrogens with one attached hydrogen (secondary N) is 2. The standard InChI is InChI=1S/C18H24F3N3O3.ClH/c1-27-8-7-22-5-6-23-17(26)14-10-16(25)24(12-14)11-13-3-2-4-15(9-13)18(19,20)21;/h2-4,9,14,22H,5-8,10-12H2,1H3,(H,23,26);1H. The average molecular weight is 424 g/mol. The van der Waals surface area contributed by atoms with E-state index in [9.17, 15) is 22.8 Å². The largest absolute Gasteiger partial charge is 0.416 e. The Bertz CT molecular complexity index is 658. The van der Waals surface area contributed by atoms with Crippen molar-refractivity contribution in [1.29, 1.82) is 0 Å². The van der Waals surface area contributed by atoms with Gasteiger partial charge in [-0.25, -0.2) is 0 Å². The molecule has 0 saturated carbocycles. The lowest BCUT2D eigenvalue weighted by Gasteiger charge is -2.17. The molecule has 0 bridgehead atoms. The fraction of sp³-hybridized carbons (Fsp3) is 0.556. The molecule has 1 unspecified atom stereocenters. The maximum absolute atomic E-state index is 12.8. The highest BCUT2D eigenvalue weighted by Gasteiger charge is 2.35. The minimum Gasteiger partial charge on any atom is -0.383 e. The van der Waals surface area contributed by atoms with E-state index in [1.807, 2.05) is 0 Å². The predicted molar refractivity (Wildman–Crippen MR) is 100.0 cm³/mol. The van der Waals surface area contributed by atoms with Gasteiger partial charge in [-0.3, -0.25) is 9.59 Å². The minimum atomic E-state index is -4.43. The van der Waals surface area contributed by atoms with E-state index < -0.39 is 17.7 Å². The monoisotopic (exact) mass is 423 g/mol. The molecule has 0 spiro atoms. The first-order valence-corrected chi connectivity index (χ1v) is 8.72. The number of benzene rings is 1. The number of amides is 2. The van der Waals surface area contributed by atoms with Gasteiger partial charge in [0.15, 0.2) is 0 Å². The highest BCUT2D eigenvalue weighted by Crippen LogP contribution is 2.30. The first kappa shape index (κ1) is 24.2. The fourth-order valence-electron chi connectivity index (χ4n) is 2.88. The fourth-order valence-corrected chi connectivity index (χ4v) is 2.88. The van der Waals surface area contributed by atoms with Gasteiger partial charge in [-0.2, -0.15) is 13.2 Å². The van der Waals surface area contributed by atoms with Gasteiger partial charge >= 0.3 is 6.18 Å². The van der Waals surface area contributed by atoms with Crippen LogP contribution in [0, 0.1) is 5.92 Å². The van der Waals surface area contributed by atoms with Crippen LogP contribution in [0.4, 0.5) is 13.2 Å². The van der Waals surface area contributed by atoms with Crippen LogP contribution in [0.25, 0.3) is 0 Å². The molecule has 1 saturated heterocycles. The molecular weight excluding hydrogens is 399 g/mol. The van der Waals surface area contributed by atoms with Gasteiger partial charge in [0.05, 0.1) is 18.1 Å². The van der Waals surface area contributed by atoms with E-state index in [0.29, 0.717) is 31.8 Å². The van der Waals surface area contributed by atoms with Crippen molar-refractivity contribution in [3.8, 4) is 0 Å². The summed E-state index contributed by atoms with van der Waals surface area (Å²) in [5.41, 5.74) is -0.358. The molecule has 1 atom stereocenters. The number of likely N-dealkylation sites (tertiary alicyclic amines) is 1. The number of carbonyl (C=O) groups is 2. The summed E-state index contributed by atoms with van der Waals surface area (Å²) >= 11 is 0. The third-order valence-corrected chi connectivity index (χ3v) is 4.30. The van der Waals surface area contributed by atoms with E-state index in [-0.39, 0.29) is 43.7 Å². The molecule has 1 aliphatic heterocycles. The van der Waals surface area contributed by atoms with Crippen LogP contribution in [0.15, 0.2) is 24.3 Å². The number of rotatable bonds is 9. The summed E-state index contributed by atoms with van der Waals surface area (Å²) in [6.07, 6.45) is -4.35. The second-order valence-corrected chi connectivity index (χ2v) is 6.41. The topological polar surface area (TPSA) is 70.7 Å². The summed E-state index contributed by atoms with van der Waals surface area (Å²) in [6.45, 7) is 2.54. The van der Waals surface area contributed by atoms with E-state index in [2.05, 4.69) is 10.6 Å². The van der Waals surface area contributed by atoms with Crippen LogP contribution in [0.3, 0.4) is 0 Å². The molecule has 2 N–H and O–H groups in total. The van der Waals surface area contributed by atoms with Gasteiger partial charge in [0.25, 0.3) is 0 Å². The Morgan fingerprint density at radius 1 is 1.29 bits per heavy atom. The molecule has 0 radical (unpaired) electrons. The lowest BCUT2D eigenvalue weighted by molar-refractivity contribution is -0.137. The molecule has 158 valence electrons. The Kier molecular flexibility index (Phi) is 9.71. The number of methoxy groups -OCH3 is 1. The maximum Gasteiger partial charge on any atom is 0.416 e. The molecule has 1 aromatic rings. The Hall–Kier alpha value is -1.84. The first-order chi connectivity index (χ1) is 12.8. The summed E-state index contributed by atoms with van der Waals surface area (Å²) in [5.74, 6) is -0.934. The third-order valence-electron chi connectivity index (χ3n) is 4.30. The van der Waals surface area contributed by atoms with Gasteiger partial charge in [0, 0.05) is 46.3 Å². The van der Waals surface area contributed by atoms with Crippen LogP contribution in [-0.2, 0) is 27.0 Å². The molecule has 28 heavy (non-hydrogen) atoms. The molecule has 2 amide bonds. The van der Waals surface area contributed by atoms with Gasteiger partial charge in [0.1, 0.15) is 0 Å². The van der Waals surface area contributed by atoms with Gasteiger partial charge < -0.3 is 20.3 Å². The zero-order valence-corrected chi connectivity index (χ0v) is 16.4. The minimum absolute atomic E-state index is 0. The molecule has 2 rings (SSSR count). The lowest BCUT2D eigenvalue weighted by atomic mass is 10.1. The second kappa shape index (κ2) is 11.2. The van der Waals surface area contributed by atoms with Gasteiger partial charge in [-0.15, -0.1) is 12.4 Å². The highest BCUT2D eigenvalue weighted by molar-refractivity contribution is 5.89. The van der Waals surface area contributed by atoms with Gasteiger partial charge in [-0.05, 0) is 17.7 Å². The van der Waals surface area contributed by atoms with Crippen LogP contribution in [-0.4, -0.2) is 56.6 Å². The number of alkyl halides is 3. The van der Waals surface area contributed by atoms with Crippen molar-refractivity contribution in [3.63, 3.8) is 0 Å². The van der Waals surface area contributed by atoms with E-state index in [1.54, 1.807) is 13.2 Å². The van der Waals surface area contributed by atoms with Crippen LogP contribution in [0.2, 0.25) is 0 Å².